The number of anilines is 1. The molecule has 2 aromatic rings. The van der Waals surface area contributed by atoms with Gasteiger partial charge in [0, 0.05) is 22.2 Å². The van der Waals surface area contributed by atoms with Crippen molar-refractivity contribution in [2.75, 3.05) is 18.9 Å². The van der Waals surface area contributed by atoms with Crippen molar-refractivity contribution < 1.29 is 38.7 Å². The van der Waals surface area contributed by atoms with Crippen LogP contribution in [0.3, 0.4) is 0 Å². The molecule has 0 fully saturated rings. The molecule has 0 saturated carbocycles. The first-order valence-corrected chi connectivity index (χ1v) is 9.54. The fourth-order valence-corrected chi connectivity index (χ4v) is 3.31. The van der Waals surface area contributed by atoms with Gasteiger partial charge in [-0.1, -0.05) is 6.07 Å². The highest BCUT2D eigenvalue weighted by molar-refractivity contribution is 6.01. The number of pyridine rings is 1. The first-order chi connectivity index (χ1) is 17.2. The van der Waals surface area contributed by atoms with Crippen molar-refractivity contribution in [2.24, 2.45) is 10.7 Å². The van der Waals surface area contributed by atoms with Crippen LogP contribution in [0, 0.1) is 5.82 Å². The van der Waals surface area contributed by atoms with Crippen LogP contribution in [-0.4, -0.2) is 41.5 Å². The standard InChI is InChI=1S/C22H24F4N4O3/c1-4-32-17-8-6-13(18(27)29-17)16(31)10-12-5-7-15(23)14(9-12)20(2)11-33-21(3,19(28)30-20)22(24,25)26/h5-9H,4,10-11H2,1-3H3,(H2,27,29)(H2,28,30)/t20-,21+/m0/s1/i1D3,4D2. The summed E-state index contributed by atoms with van der Waals surface area (Å²) in [7, 11) is 0. The normalized spacial score (nSPS) is 26.2. The van der Waals surface area contributed by atoms with Gasteiger partial charge in [0.1, 0.15) is 23.0 Å². The summed E-state index contributed by atoms with van der Waals surface area (Å²) in [5.74, 6) is -3.09. The molecule has 1 aliphatic rings. The Balaban J connectivity index is 1.85. The number of aromatic nitrogens is 1. The number of ketones is 1. The molecule has 0 unspecified atom stereocenters. The van der Waals surface area contributed by atoms with Crippen LogP contribution in [0.5, 0.6) is 5.88 Å². The third kappa shape index (κ3) is 4.63. The molecule has 2 atom stereocenters. The summed E-state index contributed by atoms with van der Waals surface area (Å²) in [6.45, 7) is -4.75. The van der Waals surface area contributed by atoms with E-state index in [0.717, 1.165) is 19.1 Å². The summed E-state index contributed by atoms with van der Waals surface area (Å²) in [6, 6.07) is 5.82. The maximum absolute atomic E-state index is 14.8. The number of hydrogen-bond acceptors (Lipinski definition) is 7. The summed E-state index contributed by atoms with van der Waals surface area (Å²) in [4.78, 5) is 20.5. The molecular formula is C22H24F4N4O3. The highest BCUT2D eigenvalue weighted by Gasteiger charge is 2.59. The van der Waals surface area contributed by atoms with Crippen LogP contribution in [0.4, 0.5) is 23.4 Å². The van der Waals surface area contributed by atoms with Crippen molar-refractivity contribution in [1.29, 1.82) is 0 Å². The van der Waals surface area contributed by atoms with Crippen molar-refractivity contribution in [1.82, 2.24) is 4.98 Å². The molecule has 11 heteroatoms. The number of Topliss-reactive ketones (excluding diaryl/α,β-unsaturated/α-hetero) is 1. The van der Waals surface area contributed by atoms with Crippen molar-refractivity contribution in [2.45, 2.75) is 44.4 Å². The van der Waals surface area contributed by atoms with Gasteiger partial charge < -0.3 is 20.9 Å². The van der Waals surface area contributed by atoms with Crippen LogP contribution >= 0.6 is 0 Å². The van der Waals surface area contributed by atoms with E-state index in [0.29, 0.717) is 0 Å². The minimum Gasteiger partial charge on any atom is -0.478 e. The molecule has 33 heavy (non-hydrogen) atoms. The molecule has 0 amide bonds. The average molecular weight is 473 g/mol. The number of nitrogens with zero attached hydrogens (tertiary/aromatic N) is 2. The van der Waals surface area contributed by atoms with Crippen molar-refractivity contribution in [3.63, 3.8) is 0 Å². The van der Waals surface area contributed by atoms with E-state index in [2.05, 4.69) is 9.98 Å². The summed E-state index contributed by atoms with van der Waals surface area (Å²) in [6.07, 6.45) is -5.18. The van der Waals surface area contributed by atoms with Gasteiger partial charge in [-0.05, 0) is 44.5 Å². The van der Waals surface area contributed by atoms with Crippen LogP contribution in [-0.2, 0) is 16.7 Å². The Labute approximate surface area is 194 Å². The third-order valence-electron chi connectivity index (χ3n) is 5.37. The van der Waals surface area contributed by atoms with E-state index in [1.54, 1.807) is 0 Å². The highest BCUT2D eigenvalue weighted by atomic mass is 19.4. The van der Waals surface area contributed by atoms with Crippen molar-refractivity contribution >= 4 is 17.4 Å². The van der Waals surface area contributed by atoms with E-state index < -0.39 is 60.7 Å². The van der Waals surface area contributed by atoms with E-state index in [1.807, 2.05) is 0 Å². The summed E-state index contributed by atoms with van der Waals surface area (Å²) in [5, 5.41) is 0. The molecule has 0 saturated heterocycles. The Hall–Kier alpha value is -3.21. The Kier molecular flexibility index (Phi) is 4.76. The lowest BCUT2D eigenvalue weighted by Gasteiger charge is -2.41. The second-order valence-electron chi connectivity index (χ2n) is 7.79. The van der Waals surface area contributed by atoms with Gasteiger partial charge in [-0.15, -0.1) is 0 Å². The quantitative estimate of drug-likeness (QED) is 0.490. The number of ether oxygens (including phenoxy) is 2. The first-order valence-electron chi connectivity index (χ1n) is 12.0. The van der Waals surface area contributed by atoms with Crippen LogP contribution in [0.2, 0.25) is 0 Å². The summed E-state index contributed by atoms with van der Waals surface area (Å²) in [5.41, 5.74) is 6.96. The Morgan fingerprint density at radius 2 is 2.03 bits per heavy atom. The van der Waals surface area contributed by atoms with Gasteiger partial charge in [0.05, 0.1) is 21.5 Å². The summed E-state index contributed by atoms with van der Waals surface area (Å²) < 4.78 is 101. The number of alkyl halides is 3. The smallest absolute Gasteiger partial charge is 0.424 e. The molecule has 1 aromatic carbocycles. The number of rotatable bonds is 6. The molecule has 0 bridgehead atoms. The zero-order valence-corrected chi connectivity index (χ0v) is 17.6. The first kappa shape index (κ1) is 18.2. The summed E-state index contributed by atoms with van der Waals surface area (Å²) >= 11 is 0. The van der Waals surface area contributed by atoms with Crippen LogP contribution in [0.15, 0.2) is 35.3 Å². The third-order valence-corrected chi connectivity index (χ3v) is 5.37. The lowest BCUT2D eigenvalue weighted by Crippen LogP contribution is -2.60. The topological polar surface area (TPSA) is 113 Å². The number of nitrogen functional groups attached to an aromatic ring is 1. The monoisotopic (exact) mass is 473 g/mol. The number of carbonyl (C=O) groups is 1. The van der Waals surface area contributed by atoms with Gasteiger partial charge >= 0.3 is 6.18 Å². The van der Waals surface area contributed by atoms with Gasteiger partial charge in [0.15, 0.2) is 5.78 Å². The van der Waals surface area contributed by atoms with Crippen LogP contribution < -0.4 is 16.2 Å². The zero-order chi connectivity index (χ0) is 28.9. The van der Waals surface area contributed by atoms with E-state index in [4.69, 9.17) is 27.8 Å². The van der Waals surface area contributed by atoms with Gasteiger partial charge in [-0.3, -0.25) is 9.79 Å². The fraction of sp³-hybridized carbons (Fsp3) is 0.409. The predicted molar refractivity (Wildman–Crippen MR) is 114 cm³/mol. The minimum absolute atomic E-state index is 0.104. The van der Waals surface area contributed by atoms with Gasteiger partial charge in [0.2, 0.25) is 11.5 Å². The van der Waals surface area contributed by atoms with Crippen LogP contribution in [0.25, 0.3) is 0 Å². The number of aliphatic imine (C=N–C) groups is 1. The Morgan fingerprint density at radius 3 is 2.64 bits per heavy atom. The molecular weight excluding hydrogens is 444 g/mol. The highest BCUT2D eigenvalue weighted by Crippen LogP contribution is 2.41. The largest absolute Gasteiger partial charge is 0.478 e. The van der Waals surface area contributed by atoms with E-state index in [9.17, 15) is 22.4 Å². The number of benzene rings is 1. The van der Waals surface area contributed by atoms with Gasteiger partial charge in [0.25, 0.3) is 0 Å². The predicted octanol–water partition coefficient (Wildman–Crippen LogP) is 3.55. The molecule has 2 heterocycles. The molecule has 0 radical (unpaired) electrons. The molecule has 3 rings (SSSR count). The number of halogens is 4. The van der Waals surface area contributed by atoms with Gasteiger partial charge in [-0.2, -0.15) is 18.2 Å². The fourth-order valence-electron chi connectivity index (χ4n) is 3.31. The molecule has 1 aliphatic heterocycles. The van der Waals surface area contributed by atoms with Crippen LogP contribution in [0.1, 0.15) is 49.0 Å². The SMILES string of the molecule is [2H]C([2H])([2H])C([2H])([2H])Oc1ccc(C(=O)Cc2ccc(F)c([C@]3(C)CO[C@@](C)(C(F)(F)F)C(N)=N3)c2)c(N)n1. The molecule has 0 spiro atoms. The minimum atomic E-state index is -4.85. The zero-order valence-electron chi connectivity index (χ0n) is 22.6. The van der Waals surface area contributed by atoms with Crippen molar-refractivity contribution in [3.05, 3.63) is 52.8 Å². The maximum Gasteiger partial charge on any atom is 0.424 e. The lowest BCUT2D eigenvalue weighted by atomic mass is 9.88. The Bertz CT molecular complexity index is 1290. The lowest BCUT2D eigenvalue weighted by molar-refractivity contribution is -0.249. The maximum atomic E-state index is 14.8. The molecule has 178 valence electrons. The second kappa shape index (κ2) is 8.62. The number of nitrogens with two attached hydrogens (primary N) is 2. The van der Waals surface area contributed by atoms with E-state index in [-0.39, 0.29) is 28.9 Å². The number of carbonyl (C=O) groups excluding carboxylic acids is 1. The Morgan fingerprint density at radius 1 is 1.30 bits per heavy atom. The molecule has 1 aromatic heterocycles. The van der Waals surface area contributed by atoms with E-state index in [1.165, 1.54) is 25.1 Å². The second-order valence-corrected chi connectivity index (χ2v) is 7.79. The van der Waals surface area contributed by atoms with Gasteiger partial charge in [-0.25, -0.2) is 4.39 Å². The number of amidine groups is 1. The van der Waals surface area contributed by atoms with E-state index >= 15 is 0 Å². The van der Waals surface area contributed by atoms with Crippen molar-refractivity contribution in [3.8, 4) is 5.88 Å². The molecule has 4 N–H and O–H groups in total. The average Bonchev–Trinajstić information content (AvgIpc) is 2.76. The molecule has 0 aliphatic carbocycles. The number of hydrogen-bond donors (Lipinski definition) is 2. The molecule has 7 nitrogen and oxygen atoms in total.